The van der Waals surface area contributed by atoms with Gasteiger partial charge in [-0.3, -0.25) is 9.59 Å². The van der Waals surface area contributed by atoms with Crippen LogP contribution in [0.4, 0.5) is 0 Å². The van der Waals surface area contributed by atoms with Crippen LogP contribution in [-0.2, 0) is 9.59 Å². The molecule has 0 unspecified atom stereocenters. The first-order valence-corrected chi connectivity index (χ1v) is 9.68. The lowest BCUT2D eigenvalue weighted by Gasteiger charge is -2.43. The molecule has 8 heteroatoms. The first-order valence-electron chi connectivity index (χ1n) is 9.68. The maximum atomic E-state index is 13.0. The molecule has 0 saturated heterocycles. The van der Waals surface area contributed by atoms with Gasteiger partial charge in [-0.1, -0.05) is 38.5 Å². The lowest BCUT2D eigenvalue weighted by molar-refractivity contribution is -0.165. The molecule has 26 heavy (non-hydrogen) atoms. The van der Waals surface area contributed by atoms with Gasteiger partial charge in [-0.2, -0.15) is 0 Å². The van der Waals surface area contributed by atoms with Gasteiger partial charge in [0.15, 0.2) is 12.2 Å². The minimum absolute atomic E-state index is 0.0133. The zero-order valence-electron chi connectivity index (χ0n) is 15.2. The maximum Gasteiger partial charge on any atom is 0.254 e. The van der Waals surface area contributed by atoms with Crippen LogP contribution in [0.25, 0.3) is 0 Å². The number of aliphatic hydroxyl groups is 4. The van der Waals surface area contributed by atoms with Crippen molar-refractivity contribution < 1.29 is 30.0 Å². The van der Waals surface area contributed by atoms with Crippen molar-refractivity contribution in [3.05, 3.63) is 0 Å². The van der Waals surface area contributed by atoms with Crippen molar-refractivity contribution in [2.75, 3.05) is 0 Å². The normalized spacial score (nSPS) is 24.5. The van der Waals surface area contributed by atoms with Crippen molar-refractivity contribution >= 4 is 11.8 Å². The summed E-state index contributed by atoms with van der Waals surface area (Å²) in [5.41, 5.74) is 4.91. The summed E-state index contributed by atoms with van der Waals surface area (Å²) in [6, 6.07) is 0.0267. The Morgan fingerprint density at radius 2 is 1.12 bits per heavy atom. The summed E-state index contributed by atoms with van der Waals surface area (Å²) in [7, 11) is 0. The number of aliphatic hydroxyl groups excluding tert-OH is 4. The number of carbonyl (C=O) groups is 2. The van der Waals surface area contributed by atoms with Crippen molar-refractivity contribution in [2.45, 2.75) is 101 Å². The fourth-order valence-corrected chi connectivity index (χ4v) is 4.22. The van der Waals surface area contributed by atoms with Crippen LogP contribution in [0.3, 0.4) is 0 Å². The Balaban J connectivity index is 2.14. The van der Waals surface area contributed by atoms with E-state index in [1.807, 2.05) is 0 Å². The summed E-state index contributed by atoms with van der Waals surface area (Å²) >= 11 is 0. The van der Waals surface area contributed by atoms with E-state index in [1.165, 1.54) is 0 Å². The number of nitrogens with zero attached hydrogens (tertiary/aromatic N) is 1. The van der Waals surface area contributed by atoms with Gasteiger partial charge in [0.1, 0.15) is 12.2 Å². The molecule has 2 saturated carbocycles. The highest BCUT2D eigenvalue weighted by Crippen LogP contribution is 2.31. The molecule has 0 heterocycles. The van der Waals surface area contributed by atoms with E-state index >= 15 is 0 Å². The third-order valence-corrected chi connectivity index (χ3v) is 5.73. The van der Waals surface area contributed by atoms with Crippen molar-refractivity contribution in [2.24, 2.45) is 5.73 Å². The van der Waals surface area contributed by atoms with E-state index in [2.05, 4.69) is 0 Å². The number of amides is 2. The molecule has 0 radical (unpaired) electrons. The second-order valence-corrected chi connectivity index (χ2v) is 7.60. The molecule has 4 atom stereocenters. The maximum absolute atomic E-state index is 13.0. The highest BCUT2D eigenvalue weighted by molar-refractivity contribution is 5.83. The monoisotopic (exact) mass is 372 g/mol. The number of carbonyl (C=O) groups excluding carboxylic acids is 2. The molecule has 8 nitrogen and oxygen atoms in total. The minimum atomic E-state index is -2.05. The van der Waals surface area contributed by atoms with Crippen molar-refractivity contribution in [3.8, 4) is 0 Å². The Bertz CT molecular complexity index is 458. The first kappa shape index (κ1) is 21.1. The van der Waals surface area contributed by atoms with E-state index < -0.39 is 36.2 Å². The number of hydrogen-bond acceptors (Lipinski definition) is 6. The molecule has 0 aliphatic heterocycles. The number of nitrogens with two attached hydrogens (primary N) is 1. The van der Waals surface area contributed by atoms with E-state index in [0.717, 1.165) is 64.2 Å². The summed E-state index contributed by atoms with van der Waals surface area (Å²) in [5, 5.41) is 39.8. The van der Waals surface area contributed by atoms with Crippen LogP contribution >= 0.6 is 0 Å². The van der Waals surface area contributed by atoms with E-state index in [1.54, 1.807) is 4.90 Å². The van der Waals surface area contributed by atoms with Crippen molar-refractivity contribution in [3.63, 3.8) is 0 Å². The molecule has 0 bridgehead atoms. The predicted molar refractivity (Wildman–Crippen MR) is 93.8 cm³/mol. The highest BCUT2D eigenvalue weighted by Gasteiger charge is 2.42. The van der Waals surface area contributed by atoms with Crippen LogP contribution in [0.2, 0.25) is 0 Å². The Kier molecular flexibility index (Phi) is 7.82. The zero-order chi connectivity index (χ0) is 19.3. The average Bonchev–Trinajstić information content (AvgIpc) is 2.67. The summed E-state index contributed by atoms with van der Waals surface area (Å²) < 4.78 is 0. The third-order valence-electron chi connectivity index (χ3n) is 5.73. The summed E-state index contributed by atoms with van der Waals surface area (Å²) in [6.07, 6.45) is 1.77. The van der Waals surface area contributed by atoms with E-state index in [0.29, 0.717) is 0 Å². The summed E-state index contributed by atoms with van der Waals surface area (Å²) in [4.78, 5) is 25.7. The molecular weight excluding hydrogens is 340 g/mol. The molecule has 2 fully saturated rings. The molecule has 2 aliphatic rings. The number of primary amides is 1. The fraction of sp³-hybridized carbons (Fsp3) is 0.889. The van der Waals surface area contributed by atoms with Gasteiger partial charge in [0.25, 0.3) is 5.91 Å². The van der Waals surface area contributed by atoms with Gasteiger partial charge in [0.2, 0.25) is 5.91 Å². The molecule has 0 aromatic heterocycles. The molecule has 2 rings (SSSR count). The Labute approximate surface area is 154 Å². The van der Waals surface area contributed by atoms with Crippen LogP contribution in [0.1, 0.15) is 64.2 Å². The second kappa shape index (κ2) is 9.64. The van der Waals surface area contributed by atoms with Crippen molar-refractivity contribution in [1.82, 2.24) is 4.90 Å². The van der Waals surface area contributed by atoms with Crippen LogP contribution in [-0.4, -0.2) is 73.6 Å². The molecular formula is C18H32N2O6. The fourth-order valence-electron chi connectivity index (χ4n) is 4.22. The third kappa shape index (κ3) is 4.94. The van der Waals surface area contributed by atoms with Gasteiger partial charge in [-0.15, -0.1) is 0 Å². The Morgan fingerprint density at radius 1 is 0.731 bits per heavy atom. The number of rotatable bonds is 7. The molecule has 2 aliphatic carbocycles. The lowest BCUT2D eigenvalue weighted by Crippen LogP contribution is -2.58. The van der Waals surface area contributed by atoms with E-state index in [-0.39, 0.29) is 12.1 Å². The Morgan fingerprint density at radius 3 is 1.50 bits per heavy atom. The smallest absolute Gasteiger partial charge is 0.254 e. The van der Waals surface area contributed by atoms with Crippen LogP contribution in [0.15, 0.2) is 0 Å². The quantitative estimate of drug-likeness (QED) is 0.404. The SMILES string of the molecule is NC(=O)[C@@H](O)[C@@H](O)[C@H](O)[C@H](O)C(=O)N(C1CCCCC1)C1CCCCC1. The van der Waals surface area contributed by atoms with Crippen LogP contribution < -0.4 is 5.73 Å². The van der Waals surface area contributed by atoms with Gasteiger partial charge >= 0.3 is 0 Å². The van der Waals surface area contributed by atoms with Gasteiger partial charge in [0, 0.05) is 12.1 Å². The topological polar surface area (TPSA) is 144 Å². The van der Waals surface area contributed by atoms with E-state index in [4.69, 9.17) is 5.73 Å². The van der Waals surface area contributed by atoms with E-state index in [9.17, 15) is 30.0 Å². The largest absolute Gasteiger partial charge is 0.387 e. The average molecular weight is 372 g/mol. The Hall–Kier alpha value is -1.22. The predicted octanol–water partition coefficient (Wildman–Crippen LogP) is -0.591. The minimum Gasteiger partial charge on any atom is -0.387 e. The summed E-state index contributed by atoms with van der Waals surface area (Å²) in [5.74, 6) is -1.88. The van der Waals surface area contributed by atoms with Gasteiger partial charge < -0.3 is 31.1 Å². The van der Waals surface area contributed by atoms with Gasteiger partial charge in [0.05, 0.1) is 0 Å². The molecule has 2 amide bonds. The molecule has 0 aromatic carbocycles. The van der Waals surface area contributed by atoms with Gasteiger partial charge in [-0.25, -0.2) is 0 Å². The standard InChI is InChI=1S/C18H32N2O6/c19-17(25)15(23)13(21)14(22)16(24)18(26)20(11-7-3-1-4-8-11)12-9-5-2-6-10-12/h11-16,21-24H,1-10H2,(H2,19,25)/t13-,14-,15-,16-/m0/s1. The zero-order valence-corrected chi connectivity index (χ0v) is 15.2. The van der Waals surface area contributed by atoms with Crippen LogP contribution in [0, 0.1) is 0 Å². The van der Waals surface area contributed by atoms with Crippen molar-refractivity contribution in [1.29, 1.82) is 0 Å². The van der Waals surface area contributed by atoms with Gasteiger partial charge in [-0.05, 0) is 25.7 Å². The summed E-state index contributed by atoms with van der Waals surface area (Å²) in [6.45, 7) is 0. The molecule has 0 aromatic rings. The second-order valence-electron chi connectivity index (χ2n) is 7.60. The molecule has 0 spiro atoms. The molecule has 150 valence electrons. The number of hydrogen-bond donors (Lipinski definition) is 5. The lowest BCUT2D eigenvalue weighted by atomic mass is 9.87. The van der Waals surface area contributed by atoms with Crippen LogP contribution in [0.5, 0.6) is 0 Å². The highest BCUT2D eigenvalue weighted by atomic mass is 16.4. The first-order chi connectivity index (χ1) is 12.3. The molecule has 6 N–H and O–H groups in total.